The van der Waals surface area contributed by atoms with Crippen LogP contribution in [0.25, 0.3) is 0 Å². The first-order valence-corrected chi connectivity index (χ1v) is 8.71. The van der Waals surface area contributed by atoms with E-state index in [1.54, 1.807) is 6.07 Å². The standard InChI is InChI=1S/C21H23N3O2/c1-16-7-4-5-8-17(16)11-12-21(25)26-20-10-6-9-19(22-20)24-14-13-18(15-24)23(2)3/h4-10,18H,13-15H2,1-3H3. The van der Waals surface area contributed by atoms with E-state index in [2.05, 4.69) is 40.7 Å². The maximum atomic E-state index is 12.0. The van der Waals surface area contributed by atoms with Gasteiger partial charge in [0.25, 0.3) is 0 Å². The maximum Gasteiger partial charge on any atom is 0.391 e. The van der Waals surface area contributed by atoms with Crippen LogP contribution < -0.4 is 9.64 Å². The second-order valence-electron chi connectivity index (χ2n) is 6.64. The van der Waals surface area contributed by atoms with Crippen LogP contribution in [-0.2, 0) is 4.79 Å². The smallest absolute Gasteiger partial charge is 0.391 e. The molecule has 2 heterocycles. The molecular weight excluding hydrogens is 326 g/mol. The first-order valence-electron chi connectivity index (χ1n) is 8.71. The third-order valence-electron chi connectivity index (χ3n) is 4.57. The predicted octanol–water partition coefficient (Wildman–Crippen LogP) is 2.49. The Balaban J connectivity index is 1.66. The van der Waals surface area contributed by atoms with Crippen molar-refractivity contribution in [1.82, 2.24) is 9.88 Å². The number of carbonyl (C=O) groups is 1. The molecule has 2 aromatic rings. The molecule has 0 bridgehead atoms. The van der Waals surface area contributed by atoms with Crippen molar-refractivity contribution in [1.29, 1.82) is 0 Å². The van der Waals surface area contributed by atoms with Crippen molar-refractivity contribution < 1.29 is 9.53 Å². The van der Waals surface area contributed by atoms with Crippen LogP contribution in [0.15, 0.2) is 42.5 Å². The number of pyridine rings is 1. The summed E-state index contributed by atoms with van der Waals surface area (Å²) in [4.78, 5) is 20.9. The van der Waals surface area contributed by atoms with Crippen LogP contribution in [0.4, 0.5) is 5.82 Å². The monoisotopic (exact) mass is 349 g/mol. The van der Waals surface area contributed by atoms with Gasteiger partial charge in [-0.3, -0.25) is 0 Å². The molecule has 5 nitrogen and oxygen atoms in total. The largest absolute Gasteiger partial charge is 0.398 e. The lowest BCUT2D eigenvalue weighted by Gasteiger charge is -2.21. The highest BCUT2D eigenvalue weighted by atomic mass is 16.5. The van der Waals surface area contributed by atoms with Gasteiger partial charge in [-0.15, -0.1) is 0 Å². The highest BCUT2D eigenvalue weighted by Gasteiger charge is 2.25. The molecule has 0 radical (unpaired) electrons. The number of nitrogens with zero attached hydrogens (tertiary/aromatic N) is 3. The number of aryl methyl sites for hydroxylation is 1. The van der Waals surface area contributed by atoms with E-state index in [-0.39, 0.29) is 5.88 Å². The topological polar surface area (TPSA) is 45.7 Å². The van der Waals surface area contributed by atoms with Gasteiger partial charge in [0.15, 0.2) is 0 Å². The molecule has 26 heavy (non-hydrogen) atoms. The molecule has 1 aliphatic rings. The number of aromatic nitrogens is 1. The van der Waals surface area contributed by atoms with Crippen LogP contribution in [0.2, 0.25) is 0 Å². The van der Waals surface area contributed by atoms with Gasteiger partial charge < -0.3 is 14.5 Å². The SMILES string of the molecule is Cc1ccccc1C#CC(=O)Oc1cccc(N2CCC(N(C)C)C2)n1. The average molecular weight is 349 g/mol. The Morgan fingerprint density at radius 1 is 1.23 bits per heavy atom. The molecular formula is C21H23N3O2. The summed E-state index contributed by atoms with van der Waals surface area (Å²) in [6.07, 6.45) is 1.10. The predicted molar refractivity (Wildman–Crippen MR) is 102 cm³/mol. The Morgan fingerprint density at radius 3 is 2.77 bits per heavy atom. The molecule has 0 aliphatic carbocycles. The molecule has 0 spiro atoms. The first kappa shape index (κ1) is 18.0. The summed E-state index contributed by atoms with van der Waals surface area (Å²) in [5.74, 6) is 5.88. The minimum Gasteiger partial charge on any atom is -0.398 e. The van der Waals surface area contributed by atoms with Gasteiger partial charge in [-0.25, -0.2) is 4.79 Å². The van der Waals surface area contributed by atoms with E-state index in [0.29, 0.717) is 6.04 Å². The lowest BCUT2D eigenvalue weighted by molar-refractivity contribution is -0.128. The fourth-order valence-electron chi connectivity index (χ4n) is 2.96. The van der Waals surface area contributed by atoms with Crippen molar-refractivity contribution in [2.45, 2.75) is 19.4 Å². The fraction of sp³-hybridized carbons (Fsp3) is 0.333. The van der Waals surface area contributed by atoms with E-state index < -0.39 is 5.97 Å². The van der Waals surface area contributed by atoms with Gasteiger partial charge in [0.05, 0.1) is 0 Å². The molecule has 134 valence electrons. The van der Waals surface area contributed by atoms with Gasteiger partial charge in [0.2, 0.25) is 5.88 Å². The van der Waals surface area contributed by atoms with E-state index in [1.165, 1.54) is 0 Å². The van der Waals surface area contributed by atoms with E-state index >= 15 is 0 Å². The Hall–Kier alpha value is -2.84. The number of rotatable bonds is 3. The van der Waals surface area contributed by atoms with E-state index in [1.807, 2.05) is 43.3 Å². The zero-order valence-corrected chi connectivity index (χ0v) is 15.4. The second-order valence-corrected chi connectivity index (χ2v) is 6.64. The Bertz CT molecular complexity index is 852. The summed E-state index contributed by atoms with van der Waals surface area (Å²) in [5, 5.41) is 0. The number of anilines is 1. The summed E-state index contributed by atoms with van der Waals surface area (Å²) >= 11 is 0. The minimum absolute atomic E-state index is 0.278. The van der Waals surface area contributed by atoms with E-state index in [9.17, 15) is 4.79 Å². The molecule has 1 aliphatic heterocycles. The molecule has 5 heteroatoms. The van der Waals surface area contributed by atoms with Crippen LogP contribution in [0.1, 0.15) is 17.5 Å². The number of ether oxygens (including phenoxy) is 1. The number of hydrogen-bond donors (Lipinski definition) is 0. The zero-order valence-electron chi connectivity index (χ0n) is 15.4. The highest BCUT2D eigenvalue weighted by Crippen LogP contribution is 2.22. The van der Waals surface area contributed by atoms with Crippen LogP contribution in [-0.4, -0.2) is 49.1 Å². The number of likely N-dealkylation sites (N-methyl/N-ethyl adjacent to an activating group) is 1. The fourth-order valence-corrected chi connectivity index (χ4v) is 2.96. The van der Waals surface area contributed by atoms with Gasteiger partial charge in [-0.05, 0) is 45.1 Å². The van der Waals surface area contributed by atoms with Crippen LogP contribution >= 0.6 is 0 Å². The van der Waals surface area contributed by atoms with Crippen molar-refractivity contribution in [2.75, 3.05) is 32.1 Å². The molecule has 1 saturated heterocycles. The average Bonchev–Trinajstić information content (AvgIpc) is 3.12. The van der Waals surface area contributed by atoms with Crippen molar-refractivity contribution in [3.8, 4) is 17.7 Å². The molecule has 0 N–H and O–H groups in total. The highest BCUT2D eigenvalue weighted by molar-refractivity contribution is 5.90. The third kappa shape index (κ3) is 4.41. The molecule has 0 saturated carbocycles. The van der Waals surface area contributed by atoms with Gasteiger partial charge in [-0.2, -0.15) is 4.98 Å². The molecule has 1 atom stereocenters. The van der Waals surface area contributed by atoms with Crippen LogP contribution in [0.3, 0.4) is 0 Å². The summed E-state index contributed by atoms with van der Waals surface area (Å²) < 4.78 is 5.29. The van der Waals surface area contributed by atoms with Crippen molar-refractivity contribution >= 4 is 11.8 Å². The minimum atomic E-state index is -0.606. The second kappa shape index (κ2) is 8.03. The number of hydrogen-bond acceptors (Lipinski definition) is 5. The zero-order chi connectivity index (χ0) is 18.5. The van der Waals surface area contributed by atoms with Crippen molar-refractivity contribution in [3.05, 3.63) is 53.6 Å². The summed E-state index contributed by atoms with van der Waals surface area (Å²) in [5.41, 5.74) is 1.84. The summed E-state index contributed by atoms with van der Waals surface area (Å²) in [6, 6.07) is 13.6. The summed E-state index contributed by atoms with van der Waals surface area (Å²) in [7, 11) is 4.18. The number of esters is 1. The molecule has 1 aromatic carbocycles. The lowest BCUT2D eigenvalue weighted by Crippen LogP contribution is -2.31. The number of carbonyl (C=O) groups excluding carboxylic acids is 1. The van der Waals surface area contributed by atoms with Crippen molar-refractivity contribution in [3.63, 3.8) is 0 Å². The van der Waals surface area contributed by atoms with Crippen LogP contribution in [0, 0.1) is 18.8 Å². The third-order valence-corrected chi connectivity index (χ3v) is 4.57. The molecule has 1 unspecified atom stereocenters. The van der Waals surface area contributed by atoms with Crippen LogP contribution in [0.5, 0.6) is 5.88 Å². The maximum absolute atomic E-state index is 12.0. The van der Waals surface area contributed by atoms with Gasteiger partial charge in [0, 0.05) is 36.7 Å². The first-order chi connectivity index (χ1) is 12.5. The lowest BCUT2D eigenvalue weighted by atomic mass is 10.1. The van der Waals surface area contributed by atoms with Crippen molar-refractivity contribution in [2.24, 2.45) is 0 Å². The molecule has 3 rings (SSSR count). The Labute approximate surface area is 154 Å². The van der Waals surface area contributed by atoms with Gasteiger partial charge in [0.1, 0.15) is 5.82 Å². The summed E-state index contributed by atoms with van der Waals surface area (Å²) in [6.45, 7) is 3.82. The Morgan fingerprint density at radius 2 is 2.04 bits per heavy atom. The van der Waals surface area contributed by atoms with E-state index in [0.717, 1.165) is 36.5 Å². The Kier molecular flexibility index (Phi) is 5.55. The number of benzene rings is 1. The van der Waals surface area contributed by atoms with Gasteiger partial charge >= 0.3 is 5.97 Å². The molecule has 0 amide bonds. The normalized spacial score (nSPS) is 16.3. The molecule has 1 fully saturated rings. The quantitative estimate of drug-likeness (QED) is 0.629. The molecule has 1 aromatic heterocycles. The van der Waals surface area contributed by atoms with E-state index in [4.69, 9.17) is 4.74 Å². The van der Waals surface area contributed by atoms with Gasteiger partial charge in [-0.1, -0.05) is 30.2 Å².